The van der Waals surface area contributed by atoms with Gasteiger partial charge in [0, 0.05) is 12.2 Å². The first-order valence-corrected chi connectivity index (χ1v) is 20.7. The molecule has 0 aromatic heterocycles. The van der Waals surface area contributed by atoms with Gasteiger partial charge in [0.2, 0.25) is 0 Å². The van der Waals surface area contributed by atoms with Gasteiger partial charge in [-0.25, -0.2) is 9.59 Å². The molecule has 0 saturated heterocycles. The molecule has 4 aromatic rings. The molecule has 7 nitrogen and oxygen atoms in total. The van der Waals surface area contributed by atoms with Crippen LogP contribution < -0.4 is 20.7 Å². The van der Waals surface area contributed by atoms with Gasteiger partial charge in [-0.1, -0.05) is 148 Å². The first kappa shape index (κ1) is 37.4. The average Bonchev–Trinajstić information content (AvgIpc) is 3.17. The summed E-state index contributed by atoms with van der Waals surface area (Å²) in [6.07, 6.45) is 3.57. The van der Waals surface area contributed by atoms with Crippen molar-refractivity contribution in [3.63, 3.8) is 0 Å². The monoisotopic (exact) mass is 694 g/mol. The Morgan fingerprint density at radius 3 is 1.06 bits per heavy atom. The zero-order chi connectivity index (χ0) is 35.0. The van der Waals surface area contributed by atoms with Gasteiger partial charge in [0.05, 0.1) is 24.7 Å². The molecule has 9 heteroatoms. The van der Waals surface area contributed by atoms with Gasteiger partial charge in [-0.15, -0.1) is 0 Å². The fraction of sp³-hybridized carbons (Fsp3) is 0.250. The van der Waals surface area contributed by atoms with Crippen molar-refractivity contribution in [3.8, 4) is 0 Å². The molecule has 0 N–H and O–H groups in total. The Morgan fingerprint density at radius 2 is 0.816 bits per heavy atom. The topological polar surface area (TPSA) is 80.3 Å². The molecule has 256 valence electrons. The standard InChI is InChI=1S/C40H46O7Si2/c1-5-37(41)43-29-31-45-39(7-3)48(33-21-13-9-14-22-33,34-23-15-10-16-24-34)47-49(35-25-17-11-18-26-35,36-27-19-12-20-28-36)40(8-4)46-32-30-44-38(42)6-2/h5-6,9-28,39-40H,1-2,7-8,29-32H2,3-4H3. The maximum atomic E-state index is 11.9. The van der Waals surface area contributed by atoms with E-state index in [1.807, 2.05) is 72.8 Å². The van der Waals surface area contributed by atoms with E-state index in [-0.39, 0.29) is 37.9 Å². The van der Waals surface area contributed by atoms with Gasteiger partial charge in [-0.05, 0) is 33.6 Å². The number of hydrogen-bond donors (Lipinski definition) is 0. The van der Waals surface area contributed by atoms with E-state index < -0.39 is 28.6 Å². The summed E-state index contributed by atoms with van der Waals surface area (Å²) < 4.78 is 32.4. The summed E-state index contributed by atoms with van der Waals surface area (Å²) >= 11 is 0. The van der Waals surface area contributed by atoms with Crippen LogP contribution in [0.1, 0.15) is 26.7 Å². The van der Waals surface area contributed by atoms with E-state index in [1.54, 1.807) is 0 Å². The number of rotatable bonds is 20. The van der Waals surface area contributed by atoms with E-state index in [0.717, 1.165) is 32.9 Å². The van der Waals surface area contributed by atoms with Gasteiger partial charge < -0.3 is 23.1 Å². The molecule has 0 aliphatic carbocycles. The lowest BCUT2D eigenvalue weighted by atomic mass is 10.4. The van der Waals surface area contributed by atoms with Crippen LogP contribution in [0.15, 0.2) is 147 Å². The van der Waals surface area contributed by atoms with Crippen molar-refractivity contribution in [3.05, 3.63) is 147 Å². The van der Waals surface area contributed by atoms with Crippen molar-refractivity contribution in [2.24, 2.45) is 0 Å². The molecule has 0 aliphatic heterocycles. The molecule has 4 aromatic carbocycles. The normalized spacial score (nSPS) is 12.8. The minimum absolute atomic E-state index is 0.0828. The lowest BCUT2D eigenvalue weighted by Gasteiger charge is -2.48. The molecule has 4 rings (SSSR count). The van der Waals surface area contributed by atoms with Crippen molar-refractivity contribution in [1.29, 1.82) is 0 Å². The Morgan fingerprint density at radius 1 is 0.531 bits per heavy atom. The van der Waals surface area contributed by atoms with Gasteiger partial charge in [-0.2, -0.15) is 0 Å². The predicted molar refractivity (Wildman–Crippen MR) is 199 cm³/mol. The van der Waals surface area contributed by atoms with Gasteiger partial charge in [-0.3, -0.25) is 0 Å². The van der Waals surface area contributed by atoms with Crippen LogP contribution in [0, 0.1) is 0 Å². The van der Waals surface area contributed by atoms with E-state index in [9.17, 15) is 9.59 Å². The number of ether oxygens (including phenoxy) is 4. The minimum Gasteiger partial charge on any atom is -0.460 e. The third kappa shape index (κ3) is 9.00. The van der Waals surface area contributed by atoms with Crippen molar-refractivity contribution < 1.29 is 32.7 Å². The number of carbonyl (C=O) groups excluding carboxylic acids is 2. The van der Waals surface area contributed by atoms with Crippen molar-refractivity contribution in [2.45, 2.75) is 38.1 Å². The third-order valence-electron chi connectivity index (χ3n) is 8.41. The van der Waals surface area contributed by atoms with E-state index in [1.165, 1.54) is 0 Å². The molecule has 0 bridgehead atoms. The van der Waals surface area contributed by atoms with Crippen LogP contribution in [0.5, 0.6) is 0 Å². The SMILES string of the molecule is C=CC(=O)OCCOC(CC)[Si](O[Si](c1ccccc1)(c1ccccc1)C(CC)OCCOC(=O)C=C)(c1ccccc1)c1ccccc1. The highest BCUT2D eigenvalue weighted by Gasteiger charge is 2.58. The molecule has 2 atom stereocenters. The second kappa shape index (κ2) is 19.0. The zero-order valence-corrected chi connectivity index (χ0v) is 30.4. The molecule has 49 heavy (non-hydrogen) atoms. The van der Waals surface area contributed by atoms with Crippen molar-refractivity contribution in [1.82, 2.24) is 0 Å². The summed E-state index contributed by atoms with van der Waals surface area (Å²) in [7, 11) is -6.83. The molecular weight excluding hydrogens is 649 g/mol. The summed E-state index contributed by atoms with van der Waals surface area (Å²) in [4.78, 5) is 23.8. The Balaban J connectivity index is 1.99. The quantitative estimate of drug-likeness (QED) is 0.0577. The molecule has 0 amide bonds. The first-order valence-electron chi connectivity index (χ1n) is 16.7. The molecule has 0 saturated carbocycles. The van der Waals surface area contributed by atoms with Crippen LogP contribution in [0.4, 0.5) is 0 Å². The highest BCUT2D eigenvalue weighted by atomic mass is 28.4. The van der Waals surface area contributed by atoms with Crippen LogP contribution in [-0.2, 0) is 32.7 Å². The second-order valence-corrected chi connectivity index (χ2v) is 18.7. The minimum atomic E-state index is -3.41. The van der Waals surface area contributed by atoms with Crippen LogP contribution in [-0.4, -0.2) is 66.5 Å². The molecule has 0 spiro atoms. The van der Waals surface area contributed by atoms with Gasteiger partial charge in [0.1, 0.15) is 13.2 Å². The summed E-state index contributed by atoms with van der Waals surface area (Å²) in [5.74, 6) is -0.993. The molecule has 0 heterocycles. The average molecular weight is 695 g/mol. The summed E-state index contributed by atoms with van der Waals surface area (Å²) in [6, 6.07) is 41.4. The van der Waals surface area contributed by atoms with Crippen LogP contribution >= 0.6 is 0 Å². The first-order chi connectivity index (χ1) is 24.0. The molecule has 0 radical (unpaired) electrons. The highest BCUT2D eigenvalue weighted by molar-refractivity contribution is 7.10. The van der Waals surface area contributed by atoms with E-state index in [2.05, 4.69) is 75.5 Å². The number of esters is 2. The van der Waals surface area contributed by atoms with E-state index in [0.29, 0.717) is 12.8 Å². The molecule has 0 fully saturated rings. The molecule has 0 aliphatic rings. The Labute approximate surface area is 292 Å². The second-order valence-electron chi connectivity index (χ2n) is 11.3. The Hall–Kier alpha value is -4.39. The summed E-state index contributed by atoms with van der Waals surface area (Å²) in [6.45, 7) is 11.8. The third-order valence-corrected chi connectivity index (χ3v) is 18.7. The van der Waals surface area contributed by atoms with Crippen LogP contribution in [0.3, 0.4) is 0 Å². The smallest absolute Gasteiger partial charge is 0.330 e. The van der Waals surface area contributed by atoms with Gasteiger partial charge in [0.15, 0.2) is 0 Å². The lowest BCUT2D eigenvalue weighted by molar-refractivity contribution is -0.140. The number of carbonyl (C=O) groups is 2. The number of benzene rings is 4. The van der Waals surface area contributed by atoms with Gasteiger partial charge in [0.25, 0.3) is 16.6 Å². The molecule has 2 unspecified atom stereocenters. The summed E-state index contributed by atoms with van der Waals surface area (Å²) in [5, 5.41) is 4.20. The van der Waals surface area contributed by atoms with Crippen LogP contribution in [0.25, 0.3) is 0 Å². The van der Waals surface area contributed by atoms with E-state index in [4.69, 9.17) is 23.1 Å². The van der Waals surface area contributed by atoms with Gasteiger partial charge >= 0.3 is 11.9 Å². The van der Waals surface area contributed by atoms with Crippen LogP contribution in [0.2, 0.25) is 0 Å². The Kier molecular flexibility index (Phi) is 14.5. The number of hydrogen-bond acceptors (Lipinski definition) is 7. The Bertz CT molecular complexity index is 1400. The maximum Gasteiger partial charge on any atom is 0.330 e. The predicted octanol–water partition coefficient (Wildman–Crippen LogP) is 4.65. The fourth-order valence-electron chi connectivity index (χ4n) is 6.27. The van der Waals surface area contributed by atoms with Crippen molar-refractivity contribution >= 4 is 49.3 Å². The summed E-state index contributed by atoms with van der Waals surface area (Å²) in [5.41, 5.74) is -0.768. The highest BCUT2D eigenvalue weighted by Crippen LogP contribution is 2.28. The maximum absolute atomic E-state index is 11.9. The molecular formula is C40H46O7Si2. The van der Waals surface area contributed by atoms with Crippen molar-refractivity contribution in [2.75, 3.05) is 26.4 Å². The lowest BCUT2D eigenvalue weighted by Crippen LogP contribution is -2.80. The zero-order valence-electron chi connectivity index (χ0n) is 28.4. The largest absolute Gasteiger partial charge is 0.460 e. The fourth-order valence-corrected chi connectivity index (χ4v) is 18.0. The van der Waals surface area contributed by atoms with E-state index >= 15 is 0 Å².